The van der Waals surface area contributed by atoms with Crippen LogP contribution in [0.2, 0.25) is 18.1 Å². The number of rotatable bonds is 11. The van der Waals surface area contributed by atoms with E-state index in [4.69, 9.17) is 19.2 Å². The van der Waals surface area contributed by atoms with Crippen molar-refractivity contribution in [2.45, 2.75) is 79.1 Å². The van der Waals surface area contributed by atoms with E-state index in [0.29, 0.717) is 38.5 Å². The Bertz CT molecular complexity index is 1250. The predicted molar refractivity (Wildman–Crippen MR) is 157 cm³/mol. The molecule has 1 aromatic heterocycles. The van der Waals surface area contributed by atoms with Gasteiger partial charge in [0.2, 0.25) is 5.88 Å². The van der Waals surface area contributed by atoms with Crippen LogP contribution in [0.1, 0.15) is 55.0 Å². The van der Waals surface area contributed by atoms with Crippen LogP contribution < -0.4 is 9.47 Å². The molecule has 0 N–H and O–H groups in total. The number of hydrogen-bond acceptors (Lipinski definition) is 5. The molecular formula is C32H42N2O3Si. The molecule has 38 heavy (non-hydrogen) atoms. The summed E-state index contributed by atoms with van der Waals surface area (Å²) in [5, 5.41) is 8.95. The number of aryl methyl sites for hydroxylation is 3. The van der Waals surface area contributed by atoms with Gasteiger partial charge in [-0.25, -0.2) is 4.98 Å². The molecule has 0 atom stereocenters. The number of benzene rings is 2. The summed E-state index contributed by atoms with van der Waals surface area (Å²) in [5.41, 5.74) is 8.16. The zero-order valence-electron chi connectivity index (χ0n) is 24.3. The highest BCUT2D eigenvalue weighted by atomic mass is 28.4. The summed E-state index contributed by atoms with van der Waals surface area (Å²) >= 11 is 0. The van der Waals surface area contributed by atoms with Gasteiger partial charge in [-0.05, 0) is 96.4 Å². The van der Waals surface area contributed by atoms with E-state index in [1.54, 1.807) is 6.20 Å². The average Bonchev–Trinajstić information content (AvgIpc) is 2.85. The number of ether oxygens (including phenoxy) is 2. The summed E-state index contributed by atoms with van der Waals surface area (Å²) in [5.74, 6) is 1.46. The summed E-state index contributed by atoms with van der Waals surface area (Å²) in [6, 6.07) is 16.6. The fraction of sp³-hybridized carbons (Fsp3) is 0.438. The van der Waals surface area contributed by atoms with E-state index < -0.39 is 8.32 Å². The molecule has 3 aromatic rings. The SMILES string of the molecule is Cc1cc(OCCO[Si](C)(C)C(C)(C)C)cc(C)c1-c1cccc(COc2ccc(CCC#N)cn2)c1C. The van der Waals surface area contributed by atoms with Gasteiger partial charge in [0.1, 0.15) is 19.0 Å². The van der Waals surface area contributed by atoms with Gasteiger partial charge >= 0.3 is 0 Å². The van der Waals surface area contributed by atoms with Crippen molar-refractivity contribution in [3.8, 4) is 28.8 Å². The molecule has 202 valence electrons. The van der Waals surface area contributed by atoms with Crippen LogP contribution in [0.3, 0.4) is 0 Å². The third-order valence-corrected chi connectivity index (χ3v) is 12.1. The molecule has 0 aliphatic rings. The lowest BCUT2D eigenvalue weighted by molar-refractivity contribution is 0.203. The normalized spacial score (nSPS) is 11.8. The van der Waals surface area contributed by atoms with Gasteiger partial charge < -0.3 is 13.9 Å². The Hall–Kier alpha value is -3.14. The summed E-state index contributed by atoms with van der Waals surface area (Å²) in [4.78, 5) is 4.40. The van der Waals surface area contributed by atoms with Gasteiger partial charge in [0.05, 0.1) is 12.7 Å². The average molecular weight is 531 g/mol. The van der Waals surface area contributed by atoms with Crippen molar-refractivity contribution in [3.05, 3.63) is 76.5 Å². The highest BCUT2D eigenvalue weighted by Gasteiger charge is 2.36. The summed E-state index contributed by atoms with van der Waals surface area (Å²) in [6.07, 6.45) is 2.98. The largest absolute Gasteiger partial charge is 0.491 e. The fourth-order valence-corrected chi connectivity index (χ4v) is 5.24. The van der Waals surface area contributed by atoms with Crippen LogP contribution in [0.25, 0.3) is 11.1 Å². The number of nitrogens with zero attached hydrogens (tertiary/aromatic N) is 2. The van der Waals surface area contributed by atoms with Crippen LogP contribution in [0.15, 0.2) is 48.7 Å². The van der Waals surface area contributed by atoms with Gasteiger partial charge in [-0.15, -0.1) is 0 Å². The zero-order valence-corrected chi connectivity index (χ0v) is 25.3. The van der Waals surface area contributed by atoms with Crippen LogP contribution in [-0.2, 0) is 17.5 Å². The van der Waals surface area contributed by atoms with Crippen molar-refractivity contribution in [2.24, 2.45) is 0 Å². The number of hydrogen-bond donors (Lipinski definition) is 0. The smallest absolute Gasteiger partial charge is 0.213 e. The van der Waals surface area contributed by atoms with E-state index in [1.807, 2.05) is 12.1 Å². The van der Waals surface area contributed by atoms with Crippen LogP contribution in [0.4, 0.5) is 0 Å². The van der Waals surface area contributed by atoms with Crippen LogP contribution in [-0.4, -0.2) is 26.5 Å². The van der Waals surface area contributed by atoms with Crippen molar-refractivity contribution in [2.75, 3.05) is 13.2 Å². The second-order valence-electron chi connectivity index (χ2n) is 11.4. The Labute approximate surface area is 229 Å². The zero-order chi connectivity index (χ0) is 27.9. The van der Waals surface area contributed by atoms with Crippen LogP contribution in [0, 0.1) is 32.1 Å². The minimum atomic E-state index is -1.77. The second kappa shape index (κ2) is 12.6. The summed E-state index contributed by atoms with van der Waals surface area (Å²) in [6.45, 7) is 19.3. The third-order valence-electron chi connectivity index (χ3n) is 7.54. The molecule has 1 heterocycles. The molecule has 3 rings (SSSR count). The molecule has 6 heteroatoms. The fourth-order valence-electron chi connectivity index (χ4n) is 4.21. The molecule has 0 saturated heterocycles. The Morgan fingerprint density at radius 1 is 0.947 bits per heavy atom. The quantitative estimate of drug-likeness (QED) is 0.185. The van der Waals surface area contributed by atoms with Gasteiger partial charge in [-0.3, -0.25) is 0 Å². The van der Waals surface area contributed by atoms with Crippen molar-refractivity contribution in [3.63, 3.8) is 0 Å². The summed E-state index contributed by atoms with van der Waals surface area (Å²) < 4.78 is 18.4. The first-order chi connectivity index (χ1) is 17.9. The maximum absolute atomic E-state index is 8.76. The molecule has 0 radical (unpaired) electrons. The van der Waals surface area contributed by atoms with E-state index in [0.717, 1.165) is 16.9 Å². The van der Waals surface area contributed by atoms with Crippen molar-refractivity contribution < 1.29 is 13.9 Å². The molecule has 0 amide bonds. The standard InChI is InChI=1S/C32H42N2O3Si/c1-23-19-28(35-17-18-37-38(7,8)32(4,5)6)20-24(2)31(23)29-13-9-12-27(25(29)3)22-36-30-15-14-26(21-34-30)11-10-16-33/h9,12-15,19-21H,10-11,17-18,22H2,1-8H3. The first-order valence-electron chi connectivity index (χ1n) is 13.3. The van der Waals surface area contributed by atoms with Gasteiger partial charge in [0.25, 0.3) is 0 Å². The minimum absolute atomic E-state index is 0.193. The minimum Gasteiger partial charge on any atom is -0.491 e. The Morgan fingerprint density at radius 3 is 2.26 bits per heavy atom. The van der Waals surface area contributed by atoms with Gasteiger partial charge in [0, 0.05) is 18.7 Å². The number of pyridine rings is 1. The second-order valence-corrected chi connectivity index (χ2v) is 16.2. The molecule has 0 bridgehead atoms. The lowest BCUT2D eigenvalue weighted by Crippen LogP contribution is -2.41. The summed E-state index contributed by atoms with van der Waals surface area (Å²) in [7, 11) is -1.77. The Morgan fingerprint density at radius 2 is 1.66 bits per heavy atom. The lowest BCUT2D eigenvalue weighted by Gasteiger charge is -2.36. The third kappa shape index (κ3) is 7.46. The monoisotopic (exact) mass is 530 g/mol. The maximum atomic E-state index is 8.76. The first-order valence-corrected chi connectivity index (χ1v) is 16.3. The van der Waals surface area contributed by atoms with E-state index >= 15 is 0 Å². The predicted octanol–water partition coefficient (Wildman–Crippen LogP) is 8.11. The van der Waals surface area contributed by atoms with Crippen molar-refractivity contribution in [1.29, 1.82) is 5.26 Å². The van der Waals surface area contributed by atoms with Crippen molar-refractivity contribution in [1.82, 2.24) is 4.98 Å². The van der Waals surface area contributed by atoms with Crippen LogP contribution >= 0.6 is 0 Å². The van der Waals surface area contributed by atoms with Gasteiger partial charge in [-0.2, -0.15) is 5.26 Å². The van der Waals surface area contributed by atoms with Crippen LogP contribution in [0.5, 0.6) is 11.6 Å². The number of nitriles is 1. The molecule has 2 aromatic carbocycles. The van der Waals surface area contributed by atoms with Gasteiger partial charge in [0.15, 0.2) is 8.32 Å². The van der Waals surface area contributed by atoms with Gasteiger partial charge in [-0.1, -0.05) is 45.0 Å². The molecular weight excluding hydrogens is 488 g/mol. The molecule has 0 spiro atoms. The number of aromatic nitrogens is 1. The topological polar surface area (TPSA) is 64.4 Å². The Balaban J connectivity index is 1.68. The molecule has 0 unspecified atom stereocenters. The Kier molecular flexibility index (Phi) is 9.75. The lowest BCUT2D eigenvalue weighted by atomic mass is 9.90. The van der Waals surface area contributed by atoms with E-state index in [2.05, 4.69) is 96.0 Å². The molecule has 0 aliphatic heterocycles. The molecule has 0 fully saturated rings. The molecule has 0 saturated carbocycles. The molecule has 5 nitrogen and oxygen atoms in total. The van der Waals surface area contributed by atoms with Crippen molar-refractivity contribution >= 4 is 8.32 Å². The van der Waals surface area contributed by atoms with E-state index in [9.17, 15) is 0 Å². The van der Waals surface area contributed by atoms with E-state index in [-0.39, 0.29) is 5.04 Å². The molecule has 0 aliphatic carbocycles. The maximum Gasteiger partial charge on any atom is 0.213 e. The highest BCUT2D eigenvalue weighted by molar-refractivity contribution is 6.74. The van der Waals surface area contributed by atoms with E-state index in [1.165, 1.54) is 27.8 Å². The first kappa shape index (κ1) is 29.4. The highest BCUT2D eigenvalue weighted by Crippen LogP contribution is 2.37.